The molecule has 3 amide bonds. The molecule has 1 heterocycles. The molecule has 1 saturated heterocycles. The van der Waals surface area contributed by atoms with Gasteiger partial charge in [-0.3, -0.25) is 4.79 Å². The Balaban J connectivity index is 1.62. The molecule has 1 aromatic rings. The highest BCUT2D eigenvalue weighted by Crippen LogP contribution is 2.33. The minimum atomic E-state index is -0.191. The summed E-state index contributed by atoms with van der Waals surface area (Å²) in [4.78, 5) is 28.6. The summed E-state index contributed by atoms with van der Waals surface area (Å²) < 4.78 is 10.6. The van der Waals surface area contributed by atoms with Gasteiger partial charge in [0.15, 0.2) is 11.5 Å². The van der Waals surface area contributed by atoms with Gasteiger partial charge < -0.3 is 24.6 Å². The highest BCUT2D eigenvalue weighted by Gasteiger charge is 2.33. The number of urea groups is 1. The Hall–Kier alpha value is -2.44. The second-order valence-electron chi connectivity index (χ2n) is 7.30. The van der Waals surface area contributed by atoms with Gasteiger partial charge >= 0.3 is 6.03 Å². The van der Waals surface area contributed by atoms with Gasteiger partial charge in [-0.2, -0.15) is 0 Å². The molecule has 0 spiro atoms. The van der Waals surface area contributed by atoms with Crippen molar-refractivity contribution in [3.63, 3.8) is 0 Å². The van der Waals surface area contributed by atoms with Gasteiger partial charge in [-0.25, -0.2) is 4.79 Å². The Labute approximate surface area is 160 Å². The summed E-state index contributed by atoms with van der Waals surface area (Å²) in [5, 5.41) is 3.03. The Morgan fingerprint density at radius 3 is 2.52 bits per heavy atom. The Kier molecular flexibility index (Phi) is 6.08. The summed E-state index contributed by atoms with van der Waals surface area (Å²) in [6.07, 6.45) is 6.03. The van der Waals surface area contributed by atoms with Crippen molar-refractivity contribution in [3.05, 3.63) is 18.2 Å². The number of nitrogens with one attached hydrogen (secondary N) is 1. The summed E-state index contributed by atoms with van der Waals surface area (Å²) in [6, 6.07) is 5.42. The van der Waals surface area contributed by atoms with Crippen LogP contribution in [-0.2, 0) is 4.79 Å². The second-order valence-corrected chi connectivity index (χ2v) is 7.30. The highest BCUT2D eigenvalue weighted by atomic mass is 16.5. The molecule has 7 heteroatoms. The Morgan fingerprint density at radius 2 is 1.85 bits per heavy atom. The smallest absolute Gasteiger partial charge is 0.317 e. The quantitative estimate of drug-likeness (QED) is 0.859. The number of methoxy groups -OCH3 is 2. The van der Waals surface area contributed by atoms with E-state index in [1.807, 2.05) is 18.0 Å². The van der Waals surface area contributed by atoms with E-state index in [0.29, 0.717) is 30.5 Å². The van der Waals surface area contributed by atoms with E-state index in [9.17, 15) is 9.59 Å². The van der Waals surface area contributed by atoms with Crippen molar-refractivity contribution in [2.75, 3.05) is 32.7 Å². The third kappa shape index (κ3) is 4.28. The van der Waals surface area contributed by atoms with Crippen molar-refractivity contribution < 1.29 is 19.1 Å². The topological polar surface area (TPSA) is 71.1 Å². The Bertz CT molecular complexity index is 688. The van der Waals surface area contributed by atoms with Crippen LogP contribution in [0.3, 0.4) is 0 Å². The predicted octanol–water partition coefficient (Wildman–Crippen LogP) is 2.78. The molecule has 0 aromatic heterocycles. The van der Waals surface area contributed by atoms with Crippen LogP contribution in [0.5, 0.6) is 11.5 Å². The molecule has 0 radical (unpaired) electrons. The van der Waals surface area contributed by atoms with E-state index in [-0.39, 0.29) is 18.0 Å². The number of hydrogen-bond donors (Lipinski definition) is 1. The number of amides is 3. The molecule has 1 atom stereocenters. The van der Waals surface area contributed by atoms with E-state index in [1.165, 1.54) is 19.3 Å². The van der Waals surface area contributed by atoms with Crippen LogP contribution in [-0.4, -0.2) is 56.7 Å². The van der Waals surface area contributed by atoms with Gasteiger partial charge in [-0.05, 0) is 25.0 Å². The first-order valence-corrected chi connectivity index (χ1v) is 9.59. The molecule has 1 N–H and O–H groups in total. The molecule has 3 rings (SSSR count). The standard InChI is InChI=1S/C20H29N3O4/c1-22(15-7-5-4-6-8-15)20(25)21-14-11-19(24)23(13-14)16-9-10-17(26-2)18(12-16)27-3/h9-10,12,14-15H,4-8,11,13H2,1-3H3,(H,21,25)/t14-/m1/s1. The monoisotopic (exact) mass is 375 g/mol. The summed E-state index contributed by atoms with van der Waals surface area (Å²) in [7, 11) is 5.00. The van der Waals surface area contributed by atoms with Crippen LogP contribution in [0.4, 0.5) is 10.5 Å². The van der Waals surface area contributed by atoms with Gasteiger partial charge in [-0.15, -0.1) is 0 Å². The van der Waals surface area contributed by atoms with Crippen LogP contribution in [0.2, 0.25) is 0 Å². The number of nitrogens with zero attached hydrogens (tertiary/aromatic N) is 2. The maximum atomic E-state index is 12.6. The minimum absolute atomic E-state index is 0.00663. The number of ether oxygens (including phenoxy) is 2. The van der Waals surface area contributed by atoms with Crippen LogP contribution < -0.4 is 19.7 Å². The highest BCUT2D eigenvalue weighted by molar-refractivity contribution is 5.97. The van der Waals surface area contributed by atoms with Crippen LogP contribution in [0, 0.1) is 0 Å². The Morgan fingerprint density at radius 1 is 1.15 bits per heavy atom. The molecule has 1 aliphatic carbocycles. The predicted molar refractivity (Wildman–Crippen MR) is 103 cm³/mol. The summed E-state index contributed by atoms with van der Waals surface area (Å²) >= 11 is 0. The third-order valence-corrected chi connectivity index (χ3v) is 5.57. The number of rotatable bonds is 5. The molecule has 2 fully saturated rings. The SMILES string of the molecule is COc1ccc(N2C[C@H](NC(=O)N(C)C3CCCCC3)CC2=O)cc1OC. The van der Waals surface area contributed by atoms with E-state index in [1.54, 1.807) is 31.3 Å². The number of benzene rings is 1. The van der Waals surface area contributed by atoms with Crippen molar-refractivity contribution in [2.24, 2.45) is 0 Å². The molecule has 1 saturated carbocycles. The lowest BCUT2D eigenvalue weighted by Gasteiger charge is -2.32. The molecule has 148 valence electrons. The second kappa shape index (κ2) is 8.50. The van der Waals surface area contributed by atoms with E-state index in [2.05, 4.69) is 5.32 Å². The molecule has 1 aliphatic heterocycles. The molecule has 0 unspecified atom stereocenters. The zero-order chi connectivity index (χ0) is 19.4. The largest absolute Gasteiger partial charge is 0.493 e. The number of carbonyl (C=O) groups excluding carboxylic acids is 2. The lowest BCUT2D eigenvalue weighted by atomic mass is 9.95. The molecule has 2 aliphatic rings. The molecular formula is C20H29N3O4. The average molecular weight is 375 g/mol. The van der Waals surface area contributed by atoms with Crippen LogP contribution in [0.25, 0.3) is 0 Å². The first-order chi connectivity index (χ1) is 13.0. The third-order valence-electron chi connectivity index (χ3n) is 5.57. The maximum Gasteiger partial charge on any atom is 0.317 e. The van der Waals surface area contributed by atoms with E-state index in [0.717, 1.165) is 18.5 Å². The molecule has 1 aromatic carbocycles. The first-order valence-electron chi connectivity index (χ1n) is 9.59. The van der Waals surface area contributed by atoms with Crippen molar-refractivity contribution >= 4 is 17.6 Å². The lowest BCUT2D eigenvalue weighted by molar-refractivity contribution is -0.117. The lowest BCUT2D eigenvalue weighted by Crippen LogP contribution is -2.48. The molecule has 27 heavy (non-hydrogen) atoms. The normalized spacial score (nSPS) is 20.5. The van der Waals surface area contributed by atoms with E-state index < -0.39 is 0 Å². The number of hydrogen-bond acceptors (Lipinski definition) is 4. The van der Waals surface area contributed by atoms with Crippen molar-refractivity contribution in [1.82, 2.24) is 10.2 Å². The fourth-order valence-corrected chi connectivity index (χ4v) is 3.96. The fraction of sp³-hybridized carbons (Fsp3) is 0.600. The van der Waals surface area contributed by atoms with Gasteiger partial charge in [0.25, 0.3) is 0 Å². The minimum Gasteiger partial charge on any atom is -0.493 e. The number of anilines is 1. The summed E-state index contributed by atoms with van der Waals surface area (Å²) in [6.45, 7) is 0.457. The van der Waals surface area contributed by atoms with Crippen LogP contribution in [0.1, 0.15) is 38.5 Å². The maximum absolute atomic E-state index is 12.6. The van der Waals surface area contributed by atoms with Gasteiger partial charge in [0.1, 0.15) is 0 Å². The van der Waals surface area contributed by atoms with Crippen molar-refractivity contribution in [2.45, 2.75) is 50.6 Å². The fourth-order valence-electron chi connectivity index (χ4n) is 3.96. The zero-order valence-corrected chi connectivity index (χ0v) is 16.4. The van der Waals surface area contributed by atoms with Crippen molar-refractivity contribution in [1.29, 1.82) is 0 Å². The first kappa shape index (κ1) is 19.3. The van der Waals surface area contributed by atoms with Gasteiger partial charge in [0.2, 0.25) is 5.91 Å². The molecular weight excluding hydrogens is 346 g/mol. The summed E-state index contributed by atoms with van der Waals surface area (Å²) in [5.41, 5.74) is 0.745. The van der Waals surface area contributed by atoms with E-state index in [4.69, 9.17) is 9.47 Å². The van der Waals surface area contributed by atoms with Crippen LogP contribution in [0.15, 0.2) is 18.2 Å². The zero-order valence-electron chi connectivity index (χ0n) is 16.4. The van der Waals surface area contributed by atoms with Crippen molar-refractivity contribution in [3.8, 4) is 11.5 Å². The van der Waals surface area contributed by atoms with Gasteiger partial charge in [-0.1, -0.05) is 19.3 Å². The van der Waals surface area contributed by atoms with Gasteiger partial charge in [0, 0.05) is 37.8 Å². The number of carbonyl (C=O) groups is 2. The molecule has 0 bridgehead atoms. The average Bonchev–Trinajstić information content (AvgIpc) is 3.07. The molecule has 7 nitrogen and oxygen atoms in total. The summed E-state index contributed by atoms with van der Waals surface area (Å²) in [5.74, 6) is 1.19. The van der Waals surface area contributed by atoms with Gasteiger partial charge in [0.05, 0.1) is 20.3 Å². The van der Waals surface area contributed by atoms with Crippen LogP contribution >= 0.6 is 0 Å². The van der Waals surface area contributed by atoms with E-state index >= 15 is 0 Å².